The third-order valence-corrected chi connectivity index (χ3v) is 2.77. The van der Waals surface area contributed by atoms with Crippen LogP contribution in [-0.2, 0) is 4.74 Å². The quantitative estimate of drug-likeness (QED) is 0.569. The first-order valence-electron chi connectivity index (χ1n) is 5.29. The molecular weight excluding hydrogens is 146 g/mol. The Morgan fingerprint density at radius 3 is 2.67 bits per heavy atom. The van der Waals surface area contributed by atoms with Gasteiger partial charge in [-0.2, -0.15) is 0 Å². The molecule has 0 bridgehead atoms. The Morgan fingerprint density at radius 1 is 1.58 bits per heavy atom. The highest BCUT2D eigenvalue weighted by Crippen LogP contribution is 2.31. The average Bonchev–Trinajstić information content (AvgIpc) is 2.29. The lowest BCUT2D eigenvalue weighted by molar-refractivity contribution is 0.0719. The normalized spacial score (nSPS) is 35.8. The molecule has 0 aromatic heterocycles. The molecule has 0 amide bonds. The van der Waals surface area contributed by atoms with Gasteiger partial charge in [-0.15, -0.1) is 0 Å². The molecule has 3 heteroatoms. The van der Waals surface area contributed by atoms with Gasteiger partial charge in [0, 0.05) is 6.00 Å². The molecule has 1 rings (SSSR count). The molecule has 12 heavy (non-hydrogen) atoms. The molecule has 0 aromatic carbocycles. The van der Waals surface area contributed by atoms with Crippen LogP contribution in [0.4, 0.5) is 0 Å². The SMILES string of the molecule is BC1CC(CC(C)C)OC1BC. The first kappa shape index (κ1) is 10.2. The van der Waals surface area contributed by atoms with Crippen LogP contribution in [-0.4, -0.2) is 27.2 Å². The molecule has 68 valence electrons. The fourth-order valence-corrected chi connectivity index (χ4v) is 2.18. The van der Waals surface area contributed by atoms with Gasteiger partial charge in [-0.25, -0.2) is 0 Å². The molecular formula is C9H20B2O. The molecule has 0 aromatic rings. The fraction of sp³-hybridized carbons (Fsp3) is 1.00. The van der Waals surface area contributed by atoms with Crippen LogP contribution >= 0.6 is 0 Å². The summed E-state index contributed by atoms with van der Waals surface area (Å²) in [7, 11) is 3.49. The van der Waals surface area contributed by atoms with Gasteiger partial charge < -0.3 is 4.74 Å². The molecule has 1 saturated heterocycles. The smallest absolute Gasteiger partial charge is 0.153 e. The molecule has 1 heterocycles. The standard InChI is InChI=1S/C9H20B2O/c1-6(2)4-7-5-8(10)9(11-3)12-7/h6-9,11H,4-5,10H2,1-3H3. The second-order valence-corrected chi connectivity index (χ2v) is 4.55. The Bertz CT molecular complexity index is 138. The van der Waals surface area contributed by atoms with Crippen molar-refractivity contribution in [1.82, 2.24) is 0 Å². The highest BCUT2D eigenvalue weighted by molar-refractivity contribution is 6.38. The van der Waals surface area contributed by atoms with E-state index in [1.165, 1.54) is 20.1 Å². The van der Waals surface area contributed by atoms with Gasteiger partial charge in [0.15, 0.2) is 7.28 Å². The molecule has 1 nitrogen and oxygen atoms in total. The summed E-state index contributed by atoms with van der Waals surface area (Å²) in [5.41, 5.74) is 0. The molecule has 3 atom stereocenters. The van der Waals surface area contributed by atoms with Crippen molar-refractivity contribution in [2.24, 2.45) is 5.92 Å². The summed E-state index contributed by atoms with van der Waals surface area (Å²) in [6.45, 7) is 6.76. The van der Waals surface area contributed by atoms with Gasteiger partial charge in [-0.3, -0.25) is 0 Å². The Labute approximate surface area is 77.9 Å². The van der Waals surface area contributed by atoms with Crippen molar-refractivity contribution < 1.29 is 4.74 Å². The lowest BCUT2D eigenvalue weighted by Gasteiger charge is -2.14. The lowest BCUT2D eigenvalue weighted by atomic mass is 9.62. The van der Waals surface area contributed by atoms with Gasteiger partial charge in [0.05, 0.1) is 6.10 Å². The maximum Gasteiger partial charge on any atom is 0.153 e. The van der Waals surface area contributed by atoms with Gasteiger partial charge in [0.2, 0.25) is 0 Å². The van der Waals surface area contributed by atoms with Gasteiger partial charge >= 0.3 is 0 Å². The minimum Gasteiger partial charge on any atom is -0.384 e. The van der Waals surface area contributed by atoms with Crippen LogP contribution < -0.4 is 0 Å². The third kappa shape index (κ3) is 2.55. The van der Waals surface area contributed by atoms with E-state index in [1.807, 2.05) is 0 Å². The molecule has 0 saturated carbocycles. The van der Waals surface area contributed by atoms with Crippen molar-refractivity contribution in [3.63, 3.8) is 0 Å². The van der Waals surface area contributed by atoms with Gasteiger partial charge in [0.1, 0.15) is 7.85 Å². The molecule has 1 fully saturated rings. The maximum atomic E-state index is 5.93. The van der Waals surface area contributed by atoms with Crippen molar-refractivity contribution in [2.75, 3.05) is 0 Å². The number of rotatable bonds is 3. The summed E-state index contributed by atoms with van der Waals surface area (Å²) in [6, 6.07) is 0.536. The molecule has 0 N–H and O–H groups in total. The zero-order chi connectivity index (χ0) is 9.14. The first-order valence-corrected chi connectivity index (χ1v) is 5.29. The zero-order valence-electron chi connectivity index (χ0n) is 8.84. The van der Waals surface area contributed by atoms with Crippen LogP contribution in [0.5, 0.6) is 0 Å². The van der Waals surface area contributed by atoms with Crippen molar-refractivity contribution in [3.05, 3.63) is 0 Å². The monoisotopic (exact) mass is 166 g/mol. The van der Waals surface area contributed by atoms with Crippen LogP contribution in [0.25, 0.3) is 0 Å². The number of hydrogen-bond acceptors (Lipinski definition) is 1. The second-order valence-electron chi connectivity index (χ2n) is 4.55. The Balaban J connectivity index is 2.33. The lowest BCUT2D eigenvalue weighted by Crippen LogP contribution is -2.19. The average molecular weight is 166 g/mol. The number of hydrogen-bond donors (Lipinski definition) is 0. The van der Waals surface area contributed by atoms with E-state index in [-0.39, 0.29) is 0 Å². The zero-order valence-corrected chi connectivity index (χ0v) is 8.84. The highest BCUT2D eigenvalue weighted by Gasteiger charge is 2.30. The molecule has 0 radical (unpaired) electrons. The van der Waals surface area contributed by atoms with Crippen LogP contribution in [0.15, 0.2) is 0 Å². The number of ether oxygens (including phenoxy) is 1. The van der Waals surface area contributed by atoms with E-state index < -0.39 is 0 Å². The summed E-state index contributed by atoms with van der Waals surface area (Å²) < 4.78 is 5.93. The van der Waals surface area contributed by atoms with E-state index >= 15 is 0 Å². The predicted molar refractivity (Wildman–Crippen MR) is 58.0 cm³/mol. The van der Waals surface area contributed by atoms with Crippen LogP contribution in [0.1, 0.15) is 26.7 Å². The molecule has 0 aliphatic carbocycles. The Hall–Kier alpha value is 0.0899. The molecule has 0 spiro atoms. The van der Waals surface area contributed by atoms with E-state index in [1.54, 1.807) is 0 Å². The fourth-order valence-electron chi connectivity index (χ4n) is 2.18. The predicted octanol–water partition coefficient (Wildman–Crippen LogP) is 1.05. The minimum absolute atomic E-state index is 0.536. The summed E-state index contributed by atoms with van der Waals surface area (Å²) in [4.78, 5) is 0. The third-order valence-electron chi connectivity index (χ3n) is 2.77. The second kappa shape index (κ2) is 4.36. The van der Waals surface area contributed by atoms with E-state index in [9.17, 15) is 0 Å². The van der Waals surface area contributed by atoms with E-state index in [0.29, 0.717) is 12.1 Å². The summed E-state index contributed by atoms with van der Waals surface area (Å²) in [5, 5.41) is 0. The largest absolute Gasteiger partial charge is 0.384 e. The van der Waals surface area contributed by atoms with E-state index in [2.05, 4.69) is 28.5 Å². The molecule has 3 unspecified atom stereocenters. The van der Waals surface area contributed by atoms with Crippen LogP contribution in [0.3, 0.4) is 0 Å². The van der Waals surface area contributed by atoms with Gasteiger partial charge in [0.25, 0.3) is 0 Å². The first-order chi connectivity index (χ1) is 5.63. The molecule has 1 aliphatic heterocycles. The minimum atomic E-state index is 0.536. The van der Waals surface area contributed by atoms with Crippen molar-refractivity contribution in [1.29, 1.82) is 0 Å². The maximum absolute atomic E-state index is 5.93. The summed E-state index contributed by atoms with van der Waals surface area (Å²) in [6.07, 6.45) is 3.06. The van der Waals surface area contributed by atoms with Crippen LogP contribution in [0.2, 0.25) is 12.6 Å². The van der Waals surface area contributed by atoms with E-state index in [0.717, 1.165) is 11.7 Å². The van der Waals surface area contributed by atoms with E-state index in [4.69, 9.17) is 4.74 Å². The van der Waals surface area contributed by atoms with Gasteiger partial charge in [-0.1, -0.05) is 20.7 Å². The summed E-state index contributed by atoms with van der Waals surface area (Å²) in [5.74, 6) is 1.55. The Kier molecular flexibility index (Phi) is 3.70. The van der Waals surface area contributed by atoms with Crippen molar-refractivity contribution in [2.45, 2.75) is 51.4 Å². The van der Waals surface area contributed by atoms with Crippen molar-refractivity contribution >= 4 is 15.1 Å². The molecule has 1 aliphatic rings. The highest BCUT2D eigenvalue weighted by atomic mass is 16.5. The Morgan fingerprint density at radius 2 is 2.25 bits per heavy atom. The van der Waals surface area contributed by atoms with Crippen LogP contribution in [0, 0.1) is 5.92 Å². The van der Waals surface area contributed by atoms with Crippen molar-refractivity contribution in [3.8, 4) is 0 Å². The van der Waals surface area contributed by atoms with Gasteiger partial charge in [-0.05, 0) is 24.6 Å². The topological polar surface area (TPSA) is 9.23 Å². The summed E-state index contributed by atoms with van der Waals surface area (Å²) >= 11 is 0.